The first-order chi connectivity index (χ1) is 13.1. The third-order valence-electron chi connectivity index (χ3n) is 3.85. The maximum absolute atomic E-state index is 8.85. The number of hydrogen-bond acceptors (Lipinski definition) is 6. The van der Waals surface area contributed by atoms with Crippen LogP contribution in [0.25, 0.3) is 0 Å². The average Bonchev–Trinajstić information content (AvgIpc) is 3.02. The zero-order valence-electron chi connectivity index (χ0n) is 15.1. The van der Waals surface area contributed by atoms with Crippen molar-refractivity contribution in [3.05, 3.63) is 71.0 Å². The van der Waals surface area contributed by atoms with Gasteiger partial charge in [-0.15, -0.1) is 0 Å². The predicted octanol–water partition coefficient (Wildman–Crippen LogP) is 3.12. The molecule has 0 atom stereocenters. The first kappa shape index (κ1) is 18.0. The first-order valence-corrected chi connectivity index (χ1v) is 8.24. The minimum Gasteiger partial charge on any atom is -0.496 e. The second-order valence-electron chi connectivity index (χ2n) is 5.83. The summed E-state index contributed by atoms with van der Waals surface area (Å²) in [6, 6.07) is 14.7. The molecule has 1 heterocycles. The van der Waals surface area contributed by atoms with Gasteiger partial charge < -0.3 is 15.2 Å². The highest BCUT2D eigenvalue weighted by atomic mass is 16.5. The van der Waals surface area contributed by atoms with Gasteiger partial charge in [0.05, 0.1) is 36.8 Å². The smallest absolute Gasteiger partial charge is 0.221 e. The van der Waals surface area contributed by atoms with Crippen molar-refractivity contribution in [3.63, 3.8) is 0 Å². The lowest BCUT2D eigenvalue weighted by molar-refractivity contribution is 0.296. The fourth-order valence-electron chi connectivity index (χ4n) is 2.50. The molecule has 27 heavy (non-hydrogen) atoms. The number of aromatic nitrogens is 2. The van der Waals surface area contributed by atoms with Crippen LogP contribution in [0.5, 0.6) is 11.5 Å². The molecule has 2 aromatic carbocycles. The molecule has 7 heteroatoms. The quantitative estimate of drug-likeness (QED) is 0.680. The van der Waals surface area contributed by atoms with Crippen LogP contribution in [0.4, 0.5) is 5.95 Å². The molecule has 0 aliphatic rings. The van der Waals surface area contributed by atoms with Crippen LogP contribution < -0.4 is 15.2 Å². The van der Waals surface area contributed by atoms with Crippen LogP contribution in [0.1, 0.15) is 22.4 Å². The summed E-state index contributed by atoms with van der Waals surface area (Å²) in [5.74, 6) is 1.73. The topological polar surface area (TPSA) is 98.4 Å². The maximum atomic E-state index is 8.85. The third kappa shape index (κ3) is 4.44. The van der Waals surface area contributed by atoms with Gasteiger partial charge in [0.15, 0.2) is 0 Å². The van der Waals surface area contributed by atoms with Gasteiger partial charge in [-0.3, -0.25) is 0 Å². The molecule has 2 N–H and O–H groups in total. The molecule has 0 saturated carbocycles. The number of nitrogens with two attached hydrogens (primary N) is 1. The van der Waals surface area contributed by atoms with Gasteiger partial charge in [0, 0.05) is 5.56 Å². The number of hydrogen-bond donors (Lipinski definition) is 1. The normalized spacial score (nSPS) is 10.7. The van der Waals surface area contributed by atoms with Crippen molar-refractivity contribution in [1.29, 1.82) is 5.26 Å². The summed E-state index contributed by atoms with van der Waals surface area (Å²) in [4.78, 5) is 4.11. The Hall–Kier alpha value is -3.79. The van der Waals surface area contributed by atoms with Crippen molar-refractivity contribution in [2.75, 3.05) is 12.8 Å². The molecule has 0 spiro atoms. The molecule has 0 amide bonds. The highest BCUT2D eigenvalue weighted by Crippen LogP contribution is 2.22. The Labute approximate surface area is 157 Å². The van der Waals surface area contributed by atoms with Crippen LogP contribution in [-0.2, 0) is 6.61 Å². The molecule has 0 aliphatic carbocycles. The minimum absolute atomic E-state index is 0.322. The molecular formula is C20H19N5O2. The third-order valence-corrected chi connectivity index (χ3v) is 3.85. The lowest BCUT2D eigenvalue weighted by Crippen LogP contribution is -2.01. The summed E-state index contributed by atoms with van der Waals surface area (Å²) >= 11 is 0. The fourth-order valence-corrected chi connectivity index (χ4v) is 2.50. The van der Waals surface area contributed by atoms with Gasteiger partial charge in [-0.2, -0.15) is 10.4 Å². The standard InChI is InChI=1S/C20H19N5O2/c1-14-12-25(20(22)24-14)23-11-16-5-8-19(26-2)17(9-16)13-27-18-6-3-15(10-21)4-7-18/h3-9,11-12H,13H2,1-2H3,(H2,22,24). The number of methoxy groups -OCH3 is 1. The molecule has 1 aromatic heterocycles. The van der Waals surface area contributed by atoms with E-state index in [1.165, 1.54) is 4.68 Å². The van der Waals surface area contributed by atoms with Crippen LogP contribution in [0, 0.1) is 18.3 Å². The van der Waals surface area contributed by atoms with Gasteiger partial charge >= 0.3 is 0 Å². The van der Waals surface area contributed by atoms with Crippen molar-refractivity contribution in [3.8, 4) is 17.6 Å². The van der Waals surface area contributed by atoms with E-state index in [1.807, 2.05) is 25.1 Å². The van der Waals surface area contributed by atoms with E-state index in [0.717, 1.165) is 22.6 Å². The molecule has 136 valence electrons. The molecule has 7 nitrogen and oxygen atoms in total. The number of aryl methyl sites for hydroxylation is 1. The van der Waals surface area contributed by atoms with Gasteiger partial charge in [0.25, 0.3) is 0 Å². The number of ether oxygens (including phenoxy) is 2. The number of imidazole rings is 1. The summed E-state index contributed by atoms with van der Waals surface area (Å²) < 4.78 is 12.7. The Morgan fingerprint density at radius 1 is 1.26 bits per heavy atom. The second kappa shape index (κ2) is 8.06. The van der Waals surface area contributed by atoms with Crippen LogP contribution in [0.3, 0.4) is 0 Å². The van der Waals surface area contributed by atoms with Crippen LogP contribution >= 0.6 is 0 Å². The molecular weight excluding hydrogens is 342 g/mol. The van der Waals surface area contributed by atoms with Gasteiger partial charge in [-0.1, -0.05) is 0 Å². The number of nitrogen functional groups attached to an aromatic ring is 1. The summed E-state index contributed by atoms with van der Waals surface area (Å²) in [5, 5.41) is 13.2. The Morgan fingerprint density at radius 3 is 2.67 bits per heavy atom. The second-order valence-corrected chi connectivity index (χ2v) is 5.83. The van der Waals surface area contributed by atoms with Crippen molar-refractivity contribution >= 4 is 12.2 Å². The molecule has 0 unspecified atom stereocenters. The highest BCUT2D eigenvalue weighted by Gasteiger charge is 2.06. The maximum Gasteiger partial charge on any atom is 0.221 e. The van der Waals surface area contributed by atoms with E-state index in [0.29, 0.717) is 23.9 Å². The van der Waals surface area contributed by atoms with E-state index in [4.69, 9.17) is 20.5 Å². The minimum atomic E-state index is 0.322. The lowest BCUT2D eigenvalue weighted by Gasteiger charge is -2.11. The SMILES string of the molecule is COc1ccc(C=Nn2cc(C)nc2N)cc1COc1ccc(C#N)cc1. The number of nitriles is 1. The van der Waals surface area contributed by atoms with Gasteiger partial charge in [-0.05, 0) is 55.0 Å². The van der Waals surface area contributed by atoms with Gasteiger partial charge in [0.1, 0.15) is 18.1 Å². The monoisotopic (exact) mass is 361 g/mol. The average molecular weight is 361 g/mol. The Balaban J connectivity index is 1.76. The number of benzene rings is 2. The van der Waals surface area contributed by atoms with Gasteiger partial charge in [0.2, 0.25) is 5.95 Å². The number of nitrogens with zero attached hydrogens (tertiary/aromatic N) is 4. The Bertz CT molecular complexity index is 1000. The van der Waals surface area contributed by atoms with Crippen LogP contribution in [-0.4, -0.2) is 23.0 Å². The lowest BCUT2D eigenvalue weighted by atomic mass is 10.1. The molecule has 3 aromatic rings. The number of anilines is 1. The predicted molar refractivity (Wildman–Crippen MR) is 103 cm³/mol. The summed E-state index contributed by atoms with van der Waals surface area (Å²) in [5.41, 5.74) is 8.93. The van der Waals surface area contributed by atoms with Crippen molar-refractivity contribution in [1.82, 2.24) is 9.66 Å². The zero-order chi connectivity index (χ0) is 19.2. The summed E-state index contributed by atoms with van der Waals surface area (Å²) in [7, 11) is 1.61. The molecule has 0 radical (unpaired) electrons. The van der Waals surface area contributed by atoms with E-state index in [-0.39, 0.29) is 0 Å². The van der Waals surface area contributed by atoms with E-state index in [2.05, 4.69) is 16.2 Å². The summed E-state index contributed by atoms with van der Waals surface area (Å²) in [6.45, 7) is 2.18. The van der Waals surface area contributed by atoms with Crippen LogP contribution in [0.2, 0.25) is 0 Å². The summed E-state index contributed by atoms with van der Waals surface area (Å²) in [6.07, 6.45) is 3.45. The Kier molecular flexibility index (Phi) is 5.38. The van der Waals surface area contributed by atoms with Crippen LogP contribution in [0.15, 0.2) is 53.8 Å². The van der Waals surface area contributed by atoms with Crippen molar-refractivity contribution in [2.24, 2.45) is 5.10 Å². The van der Waals surface area contributed by atoms with E-state index in [9.17, 15) is 0 Å². The first-order valence-electron chi connectivity index (χ1n) is 8.24. The fraction of sp³-hybridized carbons (Fsp3) is 0.150. The molecule has 3 rings (SSSR count). The molecule has 0 saturated heterocycles. The number of rotatable bonds is 6. The van der Waals surface area contributed by atoms with Crippen molar-refractivity contribution in [2.45, 2.75) is 13.5 Å². The van der Waals surface area contributed by atoms with E-state index in [1.54, 1.807) is 43.8 Å². The molecule has 0 fully saturated rings. The van der Waals surface area contributed by atoms with E-state index >= 15 is 0 Å². The largest absolute Gasteiger partial charge is 0.496 e. The zero-order valence-corrected chi connectivity index (χ0v) is 15.1. The van der Waals surface area contributed by atoms with Crippen molar-refractivity contribution < 1.29 is 9.47 Å². The molecule has 0 aliphatic heterocycles. The van der Waals surface area contributed by atoms with E-state index < -0.39 is 0 Å². The highest BCUT2D eigenvalue weighted by molar-refractivity contribution is 5.80. The molecule has 0 bridgehead atoms. The Morgan fingerprint density at radius 2 is 2.04 bits per heavy atom. The van der Waals surface area contributed by atoms with Gasteiger partial charge in [-0.25, -0.2) is 9.66 Å².